The highest BCUT2D eigenvalue weighted by molar-refractivity contribution is 7.09. The Balaban J connectivity index is 2.21. The number of H-pyrrole nitrogens is 1. The largest absolute Gasteiger partial charge is 0.367 e. The van der Waals surface area contributed by atoms with E-state index in [2.05, 4.69) is 4.98 Å². The van der Waals surface area contributed by atoms with E-state index >= 15 is 0 Å². The highest BCUT2D eigenvalue weighted by Gasteiger charge is 2.17. The monoisotopic (exact) mass is 262 g/mol. The smallest absolute Gasteiger partial charge is 0.259 e. The lowest BCUT2D eigenvalue weighted by Gasteiger charge is -2.19. The summed E-state index contributed by atoms with van der Waals surface area (Å²) in [7, 11) is 0. The molecule has 0 aliphatic carbocycles. The number of rotatable bonds is 4. The minimum Gasteiger partial charge on any atom is -0.367 e. The van der Waals surface area contributed by atoms with Crippen LogP contribution in [-0.4, -0.2) is 22.3 Å². The summed E-state index contributed by atoms with van der Waals surface area (Å²) in [6.45, 7) is 3.02. The van der Waals surface area contributed by atoms with Crippen LogP contribution in [-0.2, 0) is 6.54 Å². The maximum absolute atomic E-state index is 12.2. The normalized spacial score (nSPS) is 10.3. The molecule has 5 heteroatoms. The average molecular weight is 262 g/mol. The molecule has 0 aromatic carbocycles. The molecule has 4 nitrogen and oxygen atoms in total. The number of aromatic amines is 1. The van der Waals surface area contributed by atoms with Gasteiger partial charge in [0.1, 0.15) is 5.56 Å². The van der Waals surface area contributed by atoms with E-state index in [4.69, 9.17) is 0 Å². The van der Waals surface area contributed by atoms with Gasteiger partial charge in [-0.1, -0.05) is 6.07 Å². The third-order valence-corrected chi connectivity index (χ3v) is 3.51. The Morgan fingerprint density at radius 1 is 1.44 bits per heavy atom. The van der Waals surface area contributed by atoms with Gasteiger partial charge < -0.3 is 9.88 Å². The van der Waals surface area contributed by atoms with E-state index in [9.17, 15) is 9.59 Å². The minimum absolute atomic E-state index is 0.191. The summed E-state index contributed by atoms with van der Waals surface area (Å²) >= 11 is 1.60. The lowest BCUT2D eigenvalue weighted by molar-refractivity contribution is 0.0752. The summed E-state index contributed by atoms with van der Waals surface area (Å²) in [5.41, 5.74) is -0.0562. The number of thiophene rings is 1. The Labute approximate surface area is 109 Å². The van der Waals surface area contributed by atoms with E-state index < -0.39 is 0 Å². The summed E-state index contributed by atoms with van der Waals surface area (Å²) in [6, 6.07) is 5.30. The Kier molecular flexibility index (Phi) is 3.94. The van der Waals surface area contributed by atoms with Crippen LogP contribution in [0.3, 0.4) is 0 Å². The molecular formula is C13H14N2O2S. The summed E-state index contributed by atoms with van der Waals surface area (Å²) in [4.78, 5) is 29.4. The molecular weight excluding hydrogens is 248 g/mol. The van der Waals surface area contributed by atoms with Gasteiger partial charge in [0.15, 0.2) is 5.43 Å². The first-order chi connectivity index (χ1) is 8.72. The van der Waals surface area contributed by atoms with Crippen LogP contribution in [0.15, 0.2) is 40.8 Å². The van der Waals surface area contributed by atoms with Gasteiger partial charge in [-0.15, -0.1) is 11.3 Å². The fraction of sp³-hybridized carbons (Fsp3) is 0.231. The summed E-state index contributed by atoms with van der Waals surface area (Å²) in [5.74, 6) is -0.229. The Morgan fingerprint density at radius 2 is 2.28 bits per heavy atom. The molecule has 2 rings (SSSR count). The number of amides is 1. The number of nitrogens with one attached hydrogen (secondary N) is 1. The van der Waals surface area contributed by atoms with Crippen LogP contribution in [0, 0.1) is 0 Å². The Bertz CT molecular complexity index is 575. The van der Waals surface area contributed by atoms with Gasteiger partial charge >= 0.3 is 0 Å². The highest BCUT2D eigenvalue weighted by Crippen LogP contribution is 2.13. The van der Waals surface area contributed by atoms with E-state index in [1.807, 2.05) is 24.4 Å². The molecule has 0 aliphatic heterocycles. The van der Waals surface area contributed by atoms with Crippen molar-refractivity contribution in [3.63, 3.8) is 0 Å². The summed E-state index contributed by atoms with van der Waals surface area (Å²) in [6.07, 6.45) is 2.98. The van der Waals surface area contributed by atoms with Crippen LogP contribution in [0.5, 0.6) is 0 Å². The molecule has 1 N–H and O–H groups in total. The predicted octanol–water partition coefficient (Wildman–Crippen LogP) is 2.10. The van der Waals surface area contributed by atoms with Crippen molar-refractivity contribution in [1.29, 1.82) is 0 Å². The molecule has 0 atom stereocenters. The highest BCUT2D eigenvalue weighted by atomic mass is 32.1. The molecule has 0 saturated heterocycles. The van der Waals surface area contributed by atoms with Crippen molar-refractivity contribution in [1.82, 2.24) is 9.88 Å². The lowest BCUT2D eigenvalue weighted by Crippen LogP contribution is -2.33. The molecule has 0 spiro atoms. The standard InChI is InChI=1S/C13H14N2O2S/c1-2-15(9-10-4-3-7-18-10)13(17)11-8-14-6-5-12(11)16/h3-8H,2,9H2,1H3,(H,14,16). The summed E-state index contributed by atoms with van der Waals surface area (Å²) in [5, 5.41) is 1.98. The van der Waals surface area contributed by atoms with Crippen molar-refractivity contribution >= 4 is 17.2 Å². The zero-order valence-electron chi connectivity index (χ0n) is 10.1. The predicted molar refractivity (Wildman–Crippen MR) is 71.8 cm³/mol. The summed E-state index contributed by atoms with van der Waals surface area (Å²) < 4.78 is 0. The minimum atomic E-state index is -0.247. The van der Waals surface area contributed by atoms with Gasteiger partial charge in [0.2, 0.25) is 0 Å². The van der Waals surface area contributed by atoms with Gasteiger partial charge in [-0.25, -0.2) is 0 Å². The third-order valence-electron chi connectivity index (χ3n) is 2.65. The van der Waals surface area contributed by atoms with E-state index in [0.717, 1.165) is 4.88 Å². The number of hydrogen-bond donors (Lipinski definition) is 1. The molecule has 2 heterocycles. The number of nitrogens with zero attached hydrogens (tertiary/aromatic N) is 1. The molecule has 0 saturated carbocycles. The van der Waals surface area contributed by atoms with Gasteiger partial charge in [0, 0.05) is 29.9 Å². The van der Waals surface area contributed by atoms with Crippen LogP contribution in [0.2, 0.25) is 0 Å². The van der Waals surface area contributed by atoms with Crippen molar-refractivity contribution in [3.8, 4) is 0 Å². The number of carbonyl (C=O) groups excluding carboxylic acids is 1. The molecule has 0 unspecified atom stereocenters. The Hall–Kier alpha value is -1.88. The zero-order chi connectivity index (χ0) is 13.0. The molecule has 0 fully saturated rings. The first kappa shape index (κ1) is 12.6. The number of pyridine rings is 1. The molecule has 0 radical (unpaired) electrons. The van der Waals surface area contributed by atoms with E-state index in [1.165, 1.54) is 18.5 Å². The number of aromatic nitrogens is 1. The third kappa shape index (κ3) is 2.68. The molecule has 0 bridgehead atoms. The first-order valence-electron chi connectivity index (χ1n) is 5.71. The second-order valence-electron chi connectivity index (χ2n) is 3.82. The van der Waals surface area contributed by atoms with E-state index in [1.54, 1.807) is 16.2 Å². The zero-order valence-corrected chi connectivity index (χ0v) is 10.9. The molecule has 2 aromatic heterocycles. The van der Waals surface area contributed by atoms with Crippen molar-refractivity contribution in [2.45, 2.75) is 13.5 Å². The van der Waals surface area contributed by atoms with Gasteiger partial charge in [-0.2, -0.15) is 0 Å². The van der Waals surface area contributed by atoms with Crippen molar-refractivity contribution in [2.24, 2.45) is 0 Å². The fourth-order valence-electron chi connectivity index (χ4n) is 1.67. The quantitative estimate of drug-likeness (QED) is 0.917. The average Bonchev–Trinajstić information content (AvgIpc) is 2.88. The maximum Gasteiger partial charge on any atom is 0.259 e. The second-order valence-corrected chi connectivity index (χ2v) is 4.85. The van der Waals surface area contributed by atoms with Gasteiger partial charge in [0.25, 0.3) is 5.91 Å². The van der Waals surface area contributed by atoms with Crippen LogP contribution in [0.1, 0.15) is 22.2 Å². The van der Waals surface area contributed by atoms with Crippen molar-refractivity contribution < 1.29 is 4.79 Å². The number of hydrogen-bond acceptors (Lipinski definition) is 3. The van der Waals surface area contributed by atoms with Crippen LogP contribution in [0.4, 0.5) is 0 Å². The van der Waals surface area contributed by atoms with Crippen molar-refractivity contribution in [2.75, 3.05) is 6.54 Å². The maximum atomic E-state index is 12.2. The van der Waals surface area contributed by atoms with Gasteiger partial charge in [-0.3, -0.25) is 9.59 Å². The fourth-order valence-corrected chi connectivity index (χ4v) is 2.39. The van der Waals surface area contributed by atoms with E-state index in [0.29, 0.717) is 13.1 Å². The van der Waals surface area contributed by atoms with Crippen LogP contribution >= 0.6 is 11.3 Å². The Morgan fingerprint density at radius 3 is 2.89 bits per heavy atom. The number of carbonyl (C=O) groups is 1. The topological polar surface area (TPSA) is 53.2 Å². The molecule has 2 aromatic rings. The molecule has 1 amide bonds. The van der Waals surface area contributed by atoms with Crippen LogP contribution < -0.4 is 5.43 Å². The van der Waals surface area contributed by atoms with Crippen molar-refractivity contribution in [3.05, 3.63) is 56.6 Å². The molecule has 18 heavy (non-hydrogen) atoms. The van der Waals surface area contributed by atoms with E-state index in [-0.39, 0.29) is 16.9 Å². The lowest BCUT2D eigenvalue weighted by atomic mass is 10.2. The second kappa shape index (κ2) is 5.64. The SMILES string of the molecule is CCN(Cc1cccs1)C(=O)c1c[nH]ccc1=O. The first-order valence-corrected chi connectivity index (χ1v) is 6.59. The van der Waals surface area contributed by atoms with Crippen LogP contribution in [0.25, 0.3) is 0 Å². The van der Waals surface area contributed by atoms with Gasteiger partial charge in [-0.05, 0) is 18.4 Å². The molecule has 0 aliphatic rings. The van der Waals surface area contributed by atoms with Gasteiger partial charge in [0.05, 0.1) is 6.54 Å². The molecule has 94 valence electrons.